The predicted molar refractivity (Wildman–Crippen MR) is 51.3 cm³/mol. The maximum Gasteiger partial charge on any atom is 0.220 e. The molecule has 0 aromatic carbocycles. The molecule has 1 aromatic heterocycles. The summed E-state index contributed by atoms with van der Waals surface area (Å²) in [5.41, 5.74) is 7.28. The molecule has 0 fully saturated rings. The van der Waals surface area contributed by atoms with Crippen molar-refractivity contribution in [3.05, 3.63) is 36.3 Å². The minimum absolute atomic E-state index is 0.301. The Morgan fingerprint density at radius 1 is 1.46 bits per heavy atom. The maximum atomic E-state index is 5.47. The Morgan fingerprint density at radius 3 is 3.08 bits per heavy atom. The zero-order chi connectivity index (χ0) is 9.10. The SMILES string of the molecule is Nc1nccc(C2=CCC=CN2)n1. The lowest BCUT2D eigenvalue weighted by Gasteiger charge is -2.09. The normalized spacial score (nSPS) is 14.9. The minimum Gasteiger partial charge on any atom is -0.368 e. The fraction of sp³-hybridized carbons (Fsp3) is 0.111. The number of nitrogens with two attached hydrogens (primary N) is 1. The fourth-order valence-corrected chi connectivity index (χ4v) is 1.16. The molecular weight excluding hydrogens is 164 g/mol. The van der Waals surface area contributed by atoms with Crippen molar-refractivity contribution < 1.29 is 0 Å². The largest absolute Gasteiger partial charge is 0.368 e. The summed E-state index contributed by atoms with van der Waals surface area (Å²) in [5, 5.41) is 3.10. The van der Waals surface area contributed by atoms with Gasteiger partial charge >= 0.3 is 0 Å². The Bertz CT molecular complexity index is 368. The van der Waals surface area contributed by atoms with E-state index in [2.05, 4.69) is 21.4 Å². The van der Waals surface area contributed by atoms with Gasteiger partial charge in [-0.2, -0.15) is 0 Å². The second-order valence-electron chi connectivity index (χ2n) is 2.70. The molecule has 0 saturated heterocycles. The molecule has 1 aliphatic heterocycles. The van der Waals surface area contributed by atoms with Gasteiger partial charge in [0.2, 0.25) is 5.95 Å². The molecule has 2 rings (SSSR count). The molecule has 4 nitrogen and oxygen atoms in total. The van der Waals surface area contributed by atoms with Crippen molar-refractivity contribution in [1.29, 1.82) is 0 Å². The summed E-state index contributed by atoms with van der Waals surface area (Å²) in [6, 6.07) is 1.83. The number of nitrogens with zero attached hydrogens (tertiary/aromatic N) is 2. The molecule has 0 aliphatic carbocycles. The van der Waals surface area contributed by atoms with Crippen LogP contribution >= 0.6 is 0 Å². The van der Waals surface area contributed by atoms with E-state index in [1.807, 2.05) is 18.3 Å². The monoisotopic (exact) mass is 174 g/mol. The lowest BCUT2D eigenvalue weighted by atomic mass is 10.2. The van der Waals surface area contributed by atoms with Crippen molar-refractivity contribution in [3.8, 4) is 0 Å². The van der Waals surface area contributed by atoms with Crippen molar-refractivity contribution in [1.82, 2.24) is 15.3 Å². The first kappa shape index (κ1) is 7.79. The van der Waals surface area contributed by atoms with Gasteiger partial charge in [-0.25, -0.2) is 9.97 Å². The molecule has 4 heteroatoms. The summed E-state index contributed by atoms with van der Waals surface area (Å²) < 4.78 is 0. The minimum atomic E-state index is 0.301. The first-order chi connectivity index (χ1) is 6.36. The average molecular weight is 174 g/mol. The molecule has 0 spiro atoms. The molecule has 3 N–H and O–H groups in total. The number of aromatic nitrogens is 2. The summed E-state index contributed by atoms with van der Waals surface area (Å²) in [5.74, 6) is 0.301. The van der Waals surface area contributed by atoms with Crippen molar-refractivity contribution in [2.24, 2.45) is 0 Å². The Kier molecular flexibility index (Phi) is 1.96. The molecule has 1 aliphatic rings. The van der Waals surface area contributed by atoms with E-state index in [9.17, 15) is 0 Å². The molecular formula is C9H10N4. The van der Waals surface area contributed by atoms with Crippen LogP contribution in [0.25, 0.3) is 5.70 Å². The fourth-order valence-electron chi connectivity index (χ4n) is 1.16. The summed E-state index contributed by atoms with van der Waals surface area (Å²) in [6.45, 7) is 0. The van der Waals surface area contributed by atoms with Crippen LogP contribution in [-0.4, -0.2) is 9.97 Å². The summed E-state index contributed by atoms with van der Waals surface area (Å²) in [4.78, 5) is 7.93. The smallest absolute Gasteiger partial charge is 0.220 e. The van der Waals surface area contributed by atoms with Gasteiger partial charge in [0, 0.05) is 6.20 Å². The second kappa shape index (κ2) is 3.26. The molecule has 0 unspecified atom stereocenters. The average Bonchev–Trinajstić information content (AvgIpc) is 2.19. The highest BCUT2D eigenvalue weighted by molar-refractivity contribution is 5.63. The van der Waals surface area contributed by atoms with E-state index in [1.165, 1.54) is 0 Å². The molecule has 0 amide bonds. The number of rotatable bonds is 1. The van der Waals surface area contributed by atoms with Crippen LogP contribution in [0, 0.1) is 0 Å². The number of nitrogen functional groups attached to an aromatic ring is 1. The summed E-state index contributed by atoms with van der Waals surface area (Å²) >= 11 is 0. The van der Waals surface area contributed by atoms with E-state index >= 15 is 0 Å². The molecule has 0 saturated carbocycles. The number of hydrogen-bond acceptors (Lipinski definition) is 4. The Labute approximate surface area is 76.2 Å². The highest BCUT2D eigenvalue weighted by Gasteiger charge is 2.03. The van der Waals surface area contributed by atoms with Gasteiger partial charge in [0.1, 0.15) is 0 Å². The third kappa shape index (κ3) is 1.66. The van der Waals surface area contributed by atoms with E-state index in [0.717, 1.165) is 17.8 Å². The van der Waals surface area contributed by atoms with Gasteiger partial charge in [-0.3, -0.25) is 0 Å². The summed E-state index contributed by atoms with van der Waals surface area (Å²) in [7, 11) is 0. The predicted octanol–water partition coefficient (Wildman–Crippen LogP) is 0.907. The third-order valence-electron chi connectivity index (χ3n) is 1.76. The summed E-state index contributed by atoms with van der Waals surface area (Å²) in [6.07, 6.45) is 8.56. The lowest BCUT2D eigenvalue weighted by Crippen LogP contribution is -2.09. The first-order valence-electron chi connectivity index (χ1n) is 4.07. The molecule has 1 aromatic rings. The second-order valence-corrected chi connectivity index (χ2v) is 2.70. The highest BCUT2D eigenvalue weighted by Crippen LogP contribution is 2.12. The zero-order valence-corrected chi connectivity index (χ0v) is 7.07. The molecule has 0 radical (unpaired) electrons. The van der Waals surface area contributed by atoms with Crippen LogP contribution in [0.2, 0.25) is 0 Å². The first-order valence-corrected chi connectivity index (χ1v) is 4.07. The van der Waals surface area contributed by atoms with Crippen LogP contribution in [0.4, 0.5) is 5.95 Å². The topological polar surface area (TPSA) is 63.8 Å². The molecule has 0 bridgehead atoms. The highest BCUT2D eigenvalue weighted by atomic mass is 15.0. The Morgan fingerprint density at radius 2 is 2.38 bits per heavy atom. The zero-order valence-electron chi connectivity index (χ0n) is 7.07. The van der Waals surface area contributed by atoms with Gasteiger partial charge in [0.05, 0.1) is 11.4 Å². The quantitative estimate of drug-likeness (QED) is 0.664. The van der Waals surface area contributed by atoms with Gasteiger partial charge in [-0.15, -0.1) is 0 Å². The van der Waals surface area contributed by atoms with Crippen molar-refractivity contribution in [3.63, 3.8) is 0 Å². The van der Waals surface area contributed by atoms with Crippen LogP contribution in [0.1, 0.15) is 12.1 Å². The molecule has 13 heavy (non-hydrogen) atoms. The number of nitrogens with one attached hydrogen (secondary N) is 1. The standard InChI is InChI=1S/C9H10N4/c10-9-12-6-4-8(13-9)7-3-1-2-5-11-7/h2-6,11H,1H2,(H2,10,12,13). The third-order valence-corrected chi connectivity index (χ3v) is 1.76. The number of hydrogen-bond donors (Lipinski definition) is 2. The van der Waals surface area contributed by atoms with Crippen LogP contribution < -0.4 is 11.1 Å². The van der Waals surface area contributed by atoms with Crippen LogP contribution in [0.3, 0.4) is 0 Å². The maximum absolute atomic E-state index is 5.47. The van der Waals surface area contributed by atoms with Crippen molar-refractivity contribution in [2.45, 2.75) is 6.42 Å². The van der Waals surface area contributed by atoms with Gasteiger partial charge < -0.3 is 11.1 Å². The van der Waals surface area contributed by atoms with Gasteiger partial charge in [0.25, 0.3) is 0 Å². The van der Waals surface area contributed by atoms with Gasteiger partial charge in [0.15, 0.2) is 0 Å². The lowest BCUT2D eigenvalue weighted by molar-refractivity contribution is 1.08. The van der Waals surface area contributed by atoms with Crippen LogP contribution in [0.15, 0.2) is 30.6 Å². The van der Waals surface area contributed by atoms with E-state index in [-0.39, 0.29) is 0 Å². The molecule has 2 heterocycles. The van der Waals surface area contributed by atoms with E-state index in [4.69, 9.17) is 5.73 Å². The number of dihydropyridines is 1. The Hall–Kier alpha value is -1.84. The number of allylic oxidation sites excluding steroid dienone is 2. The van der Waals surface area contributed by atoms with E-state index < -0.39 is 0 Å². The van der Waals surface area contributed by atoms with Gasteiger partial charge in [-0.05, 0) is 18.7 Å². The number of anilines is 1. The van der Waals surface area contributed by atoms with Crippen LogP contribution in [-0.2, 0) is 0 Å². The Balaban J connectivity index is 2.30. The van der Waals surface area contributed by atoms with Crippen molar-refractivity contribution >= 4 is 11.6 Å². The van der Waals surface area contributed by atoms with E-state index in [0.29, 0.717) is 5.95 Å². The molecule has 66 valence electrons. The van der Waals surface area contributed by atoms with E-state index in [1.54, 1.807) is 6.20 Å². The van der Waals surface area contributed by atoms with Gasteiger partial charge in [-0.1, -0.05) is 12.2 Å². The van der Waals surface area contributed by atoms with Crippen molar-refractivity contribution in [2.75, 3.05) is 5.73 Å². The van der Waals surface area contributed by atoms with Crippen LogP contribution in [0.5, 0.6) is 0 Å². The molecule has 0 atom stereocenters.